The zero-order chi connectivity index (χ0) is 7.11. The van der Waals surface area contributed by atoms with Crippen LogP contribution in [-0.2, 0) is 8.85 Å². The molecule has 0 aromatic carbocycles. The number of rotatable bonds is 5. The van der Waals surface area contributed by atoms with Crippen LogP contribution in [0.15, 0.2) is 0 Å². The molecule has 0 aliphatic rings. The van der Waals surface area contributed by atoms with E-state index in [0.29, 0.717) is 0 Å². The first kappa shape index (κ1) is 9.87. The van der Waals surface area contributed by atoms with Crippen molar-refractivity contribution in [2.45, 2.75) is 13.8 Å². The molecule has 0 atom stereocenters. The molecule has 0 aliphatic heterocycles. The number of alkyl halides is 1. The maximum absolute atomic E-state index is 5.34. The maximum Gasteiger partial charge on any atom is 0.331 e. The van der Waals surface area contributed by atoms with Crippen molar-refractivity contribution in [1.29, 1.82) is 0 Å². The van der Waals surface area contributed by atoms with Gasteiger partial charge in [-0.05, 0) is 13.8 Å². The van der Waals surface area contributed by atoms with E-state index in [1.807, 2.05) is 13.8 Å². The van der Waals surface area contributed by atoms with Crippen LogP contribution in [0.5, 0.6) is 0 Å². The Balaban J connectivity index is 3.18. The van der Waals surface area contributed by atoms with E-state index in [2.05, 4.69) is 22.6 Å². The molecule has 0 saturated heterocycles. The predicted molar refractivity (Wildman–Crippen MR) is 49.3 cm³/mol. The van der Waals surface area contributed by atoms with Gasteiger partial charge in [0.1, 0.15) is 0 Å². The summed E-state index contributed by atoms with van der Waals surface area (Å²) in [7, 11) is -1.23. The SMILES string of the molecule is CCO[SiH](CI)OCC. The Morgan fingerprint density at radius 3 is 1.89 bits per heavy atom. The van der Waals surface area contributed by atoms with E-state index >= 15 is 0 Å². The van der Waals surface area contributed by atoms with Crippen molar-refractivity contribution in [3.05, 3.63) is 0 Å². The Morgan fingerprint density at radius 1 is 1.22 bits per heavy atom. The molecule has 0 N–H and O–H groups in total. The van der Waals surface area contributed by atoms with E-state index in [4.69, 9.17) is 8.85 Å². The van der Waals surface area contributed by atoms with Crippen LogP contribution in [-0.4, -0.2) is 26.5 Å². The topological polar surface area (TPSA) is 18.5 Å². The first-order valence-electron chi connectivity index (χ1n) is 3.14. The largest absolute Gasteiger partial charge is 0.396 e. The lowest BCUT2D eigenvalue weighted by molar-refractivity contribution is 0.219. The van der Waals surface area contributed by atoms with Crippen molar-refractivity contribution in [1.82, 2.24) is 0 Å². The third-order valence-electron chi connectivity index (χ3n) is 0.831. The summed E-state index contributed by atoms with van der Waals surface area (Å²) >= 11 is 2.31. The Bertz CT molecular complexity index is 56.9. The first-order chi connectivity index (χ1) is 4.35. The van der Waals surface area contributed by atoms with Gasteiger partial charge < -0.3 is 8.85 Å². The second-order valence-corrected chi connectivity index (χ2v) is 5.97. The van der Waals surface area contributed by atoms with E-state index in [9.17, 15) is 0 Å². The molecular weight excluding hydrogens is 247 g/mol. The zero-order valence-electron chi connectivity index (χ0n) is 5.89. The summed E-state index contributed by atoms with van der Waals surface area (Å²) < 4.78 is 11.7. The fourth-order valence-electron chi connectivity index (χ4n) is 0.509. The minimum atomic E-state index is -1.23. The van der Waals surface area contributed by atoms with Crippen molar-refractivity contribution >= 4 is 31.9 Å². The van der Waals surface area contributed by atoms with Crippen molar-refractivity contribution in [3.63, 3.8) is 0 Å². The summed E-state index contributed by atoms with van der Waals surface area (Å²) in [5, 5.41) is 0. The molecule has 2 nitrogen and oxygen atoms in total. The lowest BCUT2D eigenvalue weighted by atomic mass is 10.9. The number of halogens is 1. The van der Waals surface area contributed by atoms with Gasteiger partial charge in [-0.2, -0.15) is 0 Å². The van der Waals surface area contributed by atoms with Crippen molar-refractivity contribution in [3.8, 4) is 0 Å². The molecule has 0 saturated carbocycles. The van der Waals surface area contributed by atoms with Gasteiger partial charge in [-0.25, -0.2) is 0 Å². The highest BCUT2D eigenvalue weighted by Gasteiger charge is 2.07. The second-order valence-electron chi connectivity index (χ2n) is 1.49. The van der Waals surface area contributed by atoms with Crippen LogP contribution in [0.4, 0.5) is 0 Å². The third-order valence-corrected chi connectivity index (χ3v) is 4.65. The molecule has 0 aromatic heterocycles. The molecule has 0 heterocycles. The fourth-order valence-corrected chi connectivity index (χ4v) is 3.05. The van der Waals surface area contributed by atoms with Crippen molar-refractivity contribution in [2.75, 3.05) is 17.3 Å². The molecule has 9 heavy (non-hydrogen) atoms. The summed E-state index contributed by atoms with van der Waals surface area (Å²) in [4.78, 5) is 0. The lowest BCUT2D eigenvalue weighted by Crippen LogP contribution is -2.24. The Kier molecular flexibility index (Phi) is 7.65. The van der Waals surface area contributed by atoms with E-state index < -0.39 is 9.28 Å². The standard InChI is InChI=1S/C5H13IO2Si/c1-3-7-9(5-6)8-4-2/h9H,3-5H2,1-2H3. The lowest BCUT2D eigenvalue weighted by Gasteiger charge is -2.10. The molecule has 0 unspecified atom stereocenters. The summed E-state index contributed by atoms with van der Waals surface area (Å²) in [5.41, 5.74) is 0. The van der Waals surface area contributed by atoms with Gasteiger partial charge >= 0.3 is 9.28 Å². The Labute approximate surface area is 71.9 Å². The minimum absolute atomic E-state index is 0.792. The smallest absolute Gasteiger partial charge is 0.331 e. The molecule has 0 spiro atoms. The first-order valence-corrected chi connectivity index (χ1v) is 6.42. The highest BCUT2D eigenvalue weighted by Crippen LogP contribution is 1.94. The highest BCUT2D eigenvalue weighted by atomic mass is 127. The average molecular weight is 260 g/mol. The maximum atomic E-state index is 5.34. The normalized spacial score (nSPS) is 10.7. The van der Waals surface area contributed by atoms with Crippen LogP contribution >= 0.6 is 22.6 Å². The van der Waals surface area contributed by atoms with Gasteiger partial charge in [-0.1, -0.05) is 22.6 Å². The van der Waals surface area contributed by atoms with Crippen LogP contribution in [0.2, 0.25) is 0 Å². The number of hydrogen-bond acceptors (Lipinski definition) is 2. The molecule has 0 aliphatic carbocycles. The monoisotopic (exact) mass is 260 g/mol. The highest BCUT2D eigenvalue weighted by molar-refractivity contribution is 14.1. The van der Waals surface area contributed by atoms with Crippen LogP contribution in [0.25, 0.3) is 0 Å². The van der Waals surface area contributed by atoms with E-state index in [-0.39, 0.29) is 0 Å². The van der Waals surface area contributed by atoms with Crippen molar-refractivity contribution in [2.24, 2.45) is 0 Å². The quantitative estimate of drug-likeness (QED) is 0.421. The molecular formula is C5H13IO2Si. The van der Waals surface area contributed by atoms with E-state index in [1.165, 1.54) is 0 Å². The van der Waals surface area contributed by atoms with Crippen LogP contribution in [0.1, 0.15) is 13.8 Å². The van der Waals surface area contributed by atoms with Gasteiger partial charge in [0.2, 0.25) is 0 Å². The fraction of sp³-hybridized carbons (Fsp3) is 1.00. The average Bonchev–Trinajstić information content (AvgIpc) is 1.88. The third kappa shape index (κ3) is 5.32. The van der Waals surface area contributed by atoms with Crippen LogP contribution < -0.4 is 0 Å². The summed E-state index contributed by atoms with van der Waals surface area (Å²) in [5.74, 6) is 0. The van der Waals surface area contributed by atoms with Gasteiger partial charge in [-0.3, -0.25) is 0 Å². The predicted octanol–water partition coefficient (Wildman–Crippen LogP) is 1.25. The van der Waals surface area contributed by atoms with Crippen LogP contribution in [0.3, 0.4) is 0 Å². The van der Waals surface area contributed by atoms with Gasteiger partial charge in [0.05, 0.1) is 0 Å². The van der Waals surface area contributed by atoms with E-state index in [0.717, 1.165) is 17.3 Å². The van der Waals surface area contributed by atoms with Gasteiger partial charge in [0.15, 0.2) is 0 Å². The van der Waals surface area contributed by atoms with Crippen molar-refractivity contribution < 1.29 is 8.85 Å². The zero-order valence-corrected chi connectivity index (χ0v) is 9.21. The minimum Gasteiger partial charge on any atom is -0.396 e. The molecule has 0 radical (unpaired) electrons. The number of hydrogen-bond donors (Lipinski definition) is 0. The van der Waals surface area contributed by atoms with Gasteiger partial charge in [0, 0.05) is 17.3 Å². The van der Waals surface area contributed by atoms with Crippen LogP contribution in [0, 0.1) is 0 Å². The molecule has 0 aromatic rings. The Morgan fingerprint density at radius 2 is 1.67 bits per heavy atom. The molecule has 4 heteroatoms. The Hall–Kier alpha value is 0.867. The molecule has 0 bridgehead atoms. The summed E-state index contributed by atoms with van der Waals surface area (Å²) in [6, 6.07) is 0. The van der Waals surface area contributed by atoms with Gasteiger partial charge in [-0.15, -0.1) is 0 Å². The molecule has 56 valence electrons. The second kappa shape index (κ2) is 6.98. The molecule has 0 rings (SSSR count). The van der Waals surface area contributed by atoms with Gasteiger partial charge in [0.25, 0.3) is 0 Å². The van der Waals surface area contributed by atoms with E-state index in [1.54, 1.807) is 0 Å². The molecule has 0 fully saturated rings. The summed E-state index contributed by atoms with van der Waals surface area (Å²) in [6.45, 7) is 5.59. The summed E-state index contributed by atoms with van der Waals surface area (Å²) in [6.07, 6.45) is 0. The molecule has 0 amide bonds.